The molecule has 2 aliphatic heterocycles. The lowest BCUT2D eigenvalue weighted by Gasteiger charge is -2.37. The first kappa shape index (κ1) is 8.97. The molecular weight excluding hydrogens is 216 g/mol. The lowest BCUT2D eigenvalue weighted by atomic mass is 10.1. The standard InChI is InChI=1S/C9H17BrN2/c10-3-5-11-6-7-12-4-1-2-9(12)8-11/h9H,1-8H2. The fraction of sp³-hybridized carbons (Fsp3) is 1.00. The molecule has 2 rings (SSSR count). The lowest BCUT2D eigenvalue weighted by Crippen LogP contribution is -2.50. The molecule has 1 atom stereocenters. The summed E-state index contributed by atoms with van der Waals surface area (Å²) >= 11 is 3.50. The van der Waals surface area contributed by atoms with Crippen molar-refractivity contribution in [3.05, 3.63) is 0 Å². The minimum atomic E-state index is 0.887. The highest BCUT2D eigenvalue weighted by atomic mass is 79.9. The van der Waals surface area contributed by atoms with Crippen LogP contribution in [0.3, 0.4) is 0 Å². The first-order valence-corrected chi connectivity index (χ1v) is 6.04. The average molecular weight is 233 g/mol. The van der Waals surface area contributed by atoms with Gasteiger partial charge in [0.25, 0.3) is 0 Å². The van der Waals surface area contributed by atoms with Crippen molar-refractivity contribution in [2.24, 2.45) is 0 Å². The van der Waals surface area contributed by atoms with Gasteiger partial charge in [-0.25, -0.2) is 0 Å². The monoisotopic (exact) mass is 232 g/mol. The molecule has 0 saturated carbocycles. The molecule has 3 heteroatoms. The van der Waals surface area contributed by atoms with Gasteiger partial charge in [-0.15, -0.1) is 0 Å². The molecule has 2 aliphatic rings. The Morgan fingerprint density at radius 2 is 2.17 bits per heavy atom. The molecule has 0 aromatic carbocycles. The predicted molar refractivity (Wildman–Crippen MR) is 54.8 cm³/mol. The molecule has 0 radical (unpaired) electrons. The van der Waals surface area contributed by atoms with E-state index in [0.717, 1.165) is 11.4 Å². The summed E-state index contributed by atoms with van der Waals surface area (Å²) in [5.74, 6) is 0. The first-order chi connectivity index (χ1) is 5.90. The van der Waals surface area contributed by atoms with Crippen molar-refractivity contribution in [2.75, 3.05) is 38.1 Å². The van der Waals surface area contributed by atoms with Crippen molar-refractivity contribution in [3.8, 4) is 0 Å². The lowest BCUT2D eigenvalue weighted by molar-refractivity contribution is 0.110. The number of alkyl halides is 1. The van der Waals surface area contributed by atoms with E-state index in [1.807, 2.05) is 0 Å². The van der Waals surface area contributed by atoms with Crippen molar-refractivity contribution in [3.63, 3.8) is 0 Å². The van der Waals surface area contributed by atoms with Crippen LogP contribution >= 0.6 is 15.9 Å². The van der Waals surface area contributed by atoms with E-state index in [1.54, 1.807) is 0 Å². The Bertz CT molecular complexity index is 151. The SMILES string of the molecule is BrCCN1CCN2CCCC2C1. The van der Waals surface area contributed by atoms with Crippen LogP contribution in [0.1, 0.15) is 12.8 Å². The third-order valence-electron chi connectivity index (χ3n) is 3.07. The van der Waals surface area contributed by atoms with E-state index in [0.29, 0.717) is 0 Å². The fourth-order valence-electron chi connectivity index (χ4n) is 2.38. The van der Waals surface area contributed by atoms with Crippen molar-refractivity contribution in [2.45, 2.75) is 18.9 Å². The molecule has 2 fully saturated rings. The van der Waals surface area contributed by atoms with Crippen LogP contribution in [0, 0.1) is 0 Å². The van der Waals surface area contributed by atoms with Gasteiger partial charge in [-0.3, -0.25) is 9.80 Å². The summed E-state index contributed by atoms with van der Waals surface area (Å²) in [6.07, 6.45) is 2.85. The van der Waals surface area contributed by atoms with Crippen molar-refractivity contribution in [1.82, 2.24) is 9.80 Å². The Hall–Kier alpha value is 0.400. The number of rotatable bonds is 2. The topological polar surface area (TPSA) is 6.48 Å². The first-order valence-electron chi connectivity index (χ1n) is 4.92. The summed E-state index contributed by atoms with van der Waals surface area (Å²) in [6.45, 7) is 6.47. The molecule has 0 aliphatic carbocycles. The maximum atomic E-state index is 3.50. The molecule has 12 heavy (non-hydrogen) atoms. The van der Waals surface area contributed by atoms with Gasteiger partial charge in [0.1, 0.15) is 0 Å². The van der Waals surface area contributed by atoms with E-state index in [4.69, 9.17) is 0 Å². The molecule has 2 heterocycles. The quantitative estimate of drug-likeness (QED) is 0.660. The fourth-order valence-corrected chi connectivity index (χ4v) is 2.88. The van der Waals surface area contributed by atoms with Crippen LogP contribution in [0.4, 0.5) is 0 Å². The zero-order valence-corrected chi connectivity index (χ0v) is 9.09. The van der Waals surface area contributed by atoms with Crippen LogP contribution in [-0.4, -0.2) is 53.9 Å². The summed E-state index contributed by atoms with van der Waals surface area (Å²) in [5, 5.41) is 1.12. The number of hydrogen-bond acceptors (Lipinski definition) is 2. The molecule has 70 valence electrons. The molecule has 0 amide bonds. The number of nitrogens with zero attached hydrogens (tertiary/aromatic N) is 2. The van der Waals surface area contributed by atoms with Gasteiger partial charge in [-0.1, -0.05) is 15.9 Å². The number of hydrogen-bond donors (Lipinski definition) is 0. The highest BCUT2D eigenvalue weighted by Crippen LogP contribution is 2.21. The van der Waals surface area contributed by atoms with E-state index in [1.165, 1.54) is 45.6 Å². The van der Waals surface area contributed by atoms with E-state index >= 15 is 0 Å². The molecule has 0 aromatic rings. The second-order valence-electron chi connectivity index (χ2n) is 3.82. The third kappa shape index (κ3) is 1.83. The normalized spacial score (nSPS) is 32.2. The smallest absolute Gasteiger partial charge is 0.0224 e. The third-order valence-corrected chi connectivity index (χ3v) is 3.43. The second kappa shape index (κ2) is 4.07. The van der Waals surface area contributed by atoms with Crippen LogP contribution in [0.5, 0.6) is 0 Å². The molecule has 2 nitrogen and oxygen atoms in total. The Morgan fingerprint density at radius 3 is 3.00 bits per heavy atom. The highest BCUT2D eigenvalue weighted by molar-refractivity contribution is 9.09. The van der Waals surface area contributed by atoms with E-state index in [-0.39, 0.29) is 0 Å². The summed E-state index contributed by atoms with van der Waals surface area (Å²) in [4.78, 5) is 5.24. The number of fused-ring (bicyclic) bond motifs is 1. The number of halogens is 1. The van der Waals surface area contributed by atoms with Crippen molar-refractivity contribution in [1.29, 1.82) is 0 Å². The van der Waals surface area contributed by atoms with Crippen molar-refractivity contribution < 1.29 is 0 Å². The van der Waals surface area contributed by atoms with Gasteiger partial charge >= 0.3 is 0 Å². The second-order valence-corrected chi connectivity index (χ2v) is 4.61. The van der Waals surface area contributed by atoms with Gasteiger partial charge in [-0.2, -0.15) is 0 Å². The molecule has 2 saturated heterocycles. The Morgan fingerprint density at radius 1 is 1.25 bits per heavy atom. The van der Waals surface area contributed by atoms with Gasteiger partial charge in [0.05, 0.1) is 0 Å². The van der Waals surface area contributed by atoms with E-state index < -0.39 is 0 Å². The number of piperazine rings is 1. The molecular formula is C9H17BrN2. The van der Waals surface area contributed by atoms with E-state index in [2.05, 4.69) is 25.7 Å². The Labute approximate surface area is 83.0 Å². The van der Waals surface area contributed by atoms with Crippen LogP contribution in [-0.2, 0) is 0 Å². The van der Waals surface area contributed by atoms with Gasteiger partial charge < -0.3 is 0 Å². The summed E-state index contributed by atoms with van der Waals surface area (Å²) < 4.78 is 0. The molecule has 0 N–H and O–H groups in total. The van der Waals surface area contributed by atoms with E-state index in [9.17, 15) is 0 Å². The summed E-state index contributed by atoms with van der Waals surface area (Å²) in [5.41, 5.74) is 0. The predicted octanol–water partition coefficient (Wildman–Crippen LogP) is 1.16. The van der Waals surface area contributed by atoms with Crippen LogP contribution in [0.2, 0.25) is 0 Å². The Kier molecular flexibility index (Phi) is 3.05. The molecule has 0 spiro atoms. The van der Waals surface area contributed by atoms with Gasteiger partial charge in [0.2, 0.25) is 0 Å². The zero-order chi connectivity index (χ0) is 8.39. The maximum Gasteiger partial charge on any atom is 0.0224 e. The largest absolute Gasteiger partial charge is 0.300 e. The van der Waals surface area contributed by atoms with Gasteiger partial charge in [0, 0.05) is 37.6 Å². The molecule has 0 aromatic heterocycles. The van der Waals surface area contributed by atoms with Crippen LogP contribution in [0.25, 0.3) is 0 Å². The maximum absolute atomic E-state index is 3.50. The van der Waals surface area contributed by atoms with Crippen LogP contribution < -0.4 is 0 Å². The Balaban J connectivity index is 1.84. The molecule has 1 unspecified atom stereocenters. The summed E-state index contributed by atoms with van der Waals surface area (Å²) in [7, 11) is 0. The van der Waals surface area contributed by atoms with Crippen molar-refractivity contribution >= 4 is 15.9 Å². The van der Waals surface area contributed by atoms with Gasteiger partial charge in [0.15, 0.2) is 0 Å². The minimum Gasteiger partial charge on any atom is -0.300 e. The zero-order valence-electron chi connectivity index (χ0n) is 7.51. The minimum absolute atomic E-state index is 0.887. The van der Waals surface area contributed by atoms with Crippen LogP contribution in [0.15, 0.2) is 0 Å². The molecule has 0 bridgehead atoms. The van der Waals surface area contributed by atoms with Gasteiger partial charge in [-0.05, 0) is 19.4 Å². The summed E-state index contributed by atoms with van der Waals surface area (Å²) in [6, 6.07) is 0.887. The highest BCUT2D eigenvalue weighted by Gasteiger charge is 2.29. The average Bonchev–Trinajstić information content (AvgIpc) is 2.51.